The first-order valence-electron chi connectivity index (χ1n) is 8.08. The van der Waals surface area contributed by atoms with Crippen molar-refractivity contribution in [1.29, 1.82) is 0 Å². The Hall–Kier alpha value is -2.64. The summed E-state index contributed by atoms with van der Waals surface area (Å²) in [6, 6.07) is 4.87. The number of imide groups is 1. The number of carbonyl (C=O) groups excluding carboxylic acids is 3. The highest BCUT2D eigenvalue weighted by atomic mass is 19.1. The van der Waals surface area contributed by atoms with E-state index < -0.39 is 24.1 Å². The lowest BCUT2D eigenvalue weighted by atomic mass is 9.96. The van der Waals surface area contributed by atoms with Crippen LogP contribution in [0.25, 0.3) is 0 Å². The van der Waals surface area contributed by atoms with E-state index in [1.165, 1.54) is 24.3 Å². The van der Waals surface area contributed by atoms with Crippen LogP contribution in [0.2, 0.25) is 0 Å². The first-order chi connectivity index (χ1) is 11.9. The summed E-state index contributed by atoms with van der Waals surface area (Å²) in [7, 11) is 0. The third kappa shape index (κ3) is 3.72. The lowest BCUT2D eigenvalue weighted by molar-refractivity contribution is -0.148. The molecule has 0 radical (unpaired) electrons. The largest absolute Gasteiger partial charge is 0.490 e. The summed E-state index contributed by atoms with van der Waals surface area (Å²) in [6.45, 7) is 1.30. The molecule has 1 aliphatic carbocycles. The number of nitrogens with zero attached hydrogens (tertiary/aromatic N) is 1. The van der Waals surface area contributed by atoms with Gasteiger partial charge in [-0.25, -0.2) is 9.18 Å². The molecule has 7 nitrogen and oxygen atoms in total. The Labute approximate surface area is 144 Å². The maximum atomic E-state index is 12.8. The fourth-order valence-electron chi connectivity index (χ4n) is 2.82. The number of rotatable bonds is 7. The van der Waals surface area contributed by atoms with E-state index in [9.17, 15) is 18.8 Å². The van der Waals surface area contributed by atoms with Gasteiger partial charge < -0.3 is 14.8 Å². The number of amides is 3. The van der Waals surface area contributed by atoms with Crippen LogP contribution in [0.1, 0.15) is 19.8 Å². The Morgan fingerprint density at radius 3 is 2.60 bits per heavy atom. The fourth-order valence-corrected chi connectivity index (χ4v) is 2.82. The van der Waals surface area contributed by atoms with Gasteiger partial charge in [0.25, 0.3) is 5.91 Å². The zero-order chi connectivity index (χ0) is 18.0. The van der Waals surface area contributed by atoms with Gasteiger partial charge in [-0.05, 0) is 49.9 Å². The van der Waals surface area contributed by atoms with Gasteiger partial charge >= 0.3 is 12.0 Å². The minimum Gasteiger partial charge on any atom is -0.490 e. The molecule has 25 heavy (non-hydrogen) atoms. The highest BCUT2D eigenvalue weighted by Crippen LogP contribution is 2.42. The summed E-state index contributed by atoms with van der Waals surface area (Å²) < 4.78 is 23.0. The van der Waals surface area contributed by atoms with Crippen molar-refractivity contribution in [1.82, 2.24) is 10.2 Å². The average molecular weight is 350 g/mol. The van der Waals surface area contributed by atoms with E-state index in [0.29, 0.717) is 5.75 Å². The number of ether oxygens (including phenoxy) is 2. The molecule has 134 valence electrons. The molecule has 1 saturated heterocycles. The summed E-state index contributed by atoms with van der Waals surface area (Å²) in [5.41, 5.74) is -0.914. The lowest BCUT2D eigenvalue weighted by Gasteiger charge is -2.20. The van der Waals surface area contributed by atoms with Gasteiger partial charge in [0.1, 0.15) is 36.9 Å². The van der Waals surface area contributed by atoms with Crippen LogP contribution in [-0.4, -0.2) is 48.1 Å². The molecule has 3 amide bonds. The van der Waals surface area contributed by atoms with Gasteiger partial charge in [-0.15, -0.1) is 0 Å². The van der Waals surface area contributed by atoms with E-state index in [4.69, 9.17) is 9.47 Å². The van der Waals surface area contributed by atoms with Gasteiger partial charge in [0.2, 0.25) is 0 Å². The second-order valence-electron chi connectivity index (χ2n) is 6.32. The van der Waals surface area contributed by atoms with Gasteiger partial charge in [0.05, 0.1) is 0 Å². The Balaban J connectivity index is 1.42. The standard InChI is InChI=1S/C17H19FN2O5/c1-17(11-2-3-11)15(22)20(16(23)19-17)10-14(21)25-9-8-24-13-6-4-12(18)5-7-13/h4-7,11H,2-3,8-10H2,1H3,(H,19,23)/t17-/m1/s1. The second kappa shape index (κ2) is 6.70. The van der Waals surface area contributed by atoms with E-state index in [2.05, 4.69) is 5.32 Å². The van der Waals surface area contributed by atoms with Crippen LogP contribution in [0.15, 0.2) is 24.3 Å². The van der Waals surface area contributed by atoms with E-state index in [1.54, 1.807) is 6.92 Å². The van der Waals surface area contributed by atoms with Gasteiger partial charge in [-0.2, -0.15) is 0 Å². The molecule has 1 N–H and O–H groups in total. The predicted octanol–water partition coefficient (Wildman–Crippen LogP) is 1.47. The zero-order valence-electron chi connectivity index (χ0n) is 13.8. The molecule has 0 aromatic heterocycles. The molecule has 0 unspecified atom stereocenters. The maximum absolute atomic E-state index is 12.8. The average Bonchev–Trinajstić information content (AvgIpc) is 3.40. The topological polar surface area (TPSA) is 84.9 Å². The fraction of sp³-hybridized carbons (Fsp3) is 0.471. The monoisotopic (exact) mass is 350 g/mol. The molecule has 1 aromatic rings. The Bertz CT molecular complexity index is 689. The van der Waals surface area contributed by atoms with Crippen LogP contribution in [-0.2, 0) is 14.3 Å². The summed E-state index contributed by atoms with van der Waals surface area (Å²) >= 11 is 0. The van der Waals surface area contributed by atoms with Gasteiger partial charge in [-0.3, -0.25) is 14.5 Å². The van der Waals surface area contributed by atoms with E-state index in [-0.39, 0.29) is 30.9 Å². The van der Waals surface area contributed by atoms with Crippen molar-refractivity contribution < 1.29 is 28.2 Å². The molecule has 3 rings (SSSR count). The Kier molecular flexibility index (Phi) is 4.61. The first-order valence-corrected chi connectivity index (χ1v) is 8.08. The van der Waals surface area contributed by atoms with Crippen LogP contribution >= 0.6 is 0 Å². The summed E-state index contributed by atoms with van der Waals surface area (Å²) in [5.74, 6) is -0.864. The molecule has 0 bridgehead atoms. The molecule has 1 aliphatic heterocycles. The molecule has 0 spiro atoms. The predicted molar refractivity (Wildman–Crippen MR) is 84.2 cm³/mol. The number of nitrogens with one attached hydrogen (secondary N) is 1. The highest BCUT2D eigenvalue weighted by Gasteiger charge is 2.56. The van der Waals surface area contributed by atoms with E-state index in [0.717, 1.165) is 17.7 Å². The van der Waals surface area contributed by atoms with Crippen molar-refractivity contribution >= 4 is 17.9 Å². The smallest absolute Gasteiger partial charge is 0.326 e. The number of benzene rings is 1. The summed E-state index contributed by atoms with van der Waals surface area (Å²) in [5, 5.41) is 2.67. The molecule has 2 aliphatic rings. The molecule has 2 fully saturated rings. The van der Waals surface area contributed by atoms with Crippen molar-refractivity contribution in [2.24, 2.45) is 5.92 Å². The van der Waals surface area contributed by atoms with Gasteiger partial charge in [0.15, 0.2) is 0 Å². The summed E-state index contributed by atoms with van der Waals surface area (Å²) in [4.78, 5) is 37.0. The lowest BCUT2D eigenvalue weighted by Crippen LogP contribution is -2.46. The van der Waals surface area contributed by atoms with Gasteiger partial charge in [-0.1, -0.05) is 0 Å². The third-order valence-electron chi connectivity index (χ3n) is 4.41. The third-order valence-corrected chi connectivity index (χ3v) is 4.41. The molecular formula is C17H19FN2O5. The minimum absolute atomic E-state index is 0.0419. The number of halogens is 1. The first kappa shape index (κ1) is 17.2. The van der Waals surface area contributed by atoms with Crippen molar-refractivity contribution in [2.45, 2.75) is 25.3 Å². The van der Waals surface area contributed by atoms with Crippen LogP contribution in [0.5, 0.6) is 5.75 Å². The molecule has 1 atom stereocenters. The van der Waals surface area contributed by atoms with Crippen LogP contribution < -0.4 is 10.1 Å². The number of hydrogen-bond donors (Lipinski definition) is 1. The zero-order valence-corrected chi connectivity index (χ0v) is 13.8. The quantitative estimate of drug-likeness (QED) is 0.457. The summed E-state index contributed by atoms with van der Waals surface area (Å²) in [6.07, 6.45) is 1.78. The van der Waals surface area contributed by atoms with Crippen LogP contribution in [0.3, 0.4) is 0 Å². The van der Waals surface area contributed by atoms with Gasteiger partial charge in [0, 0.05) is 0 Å². The van der Waals surface area contributed by atoms with Crippen molar-refractivity contribution in [3.8, 4) is 5.75 Å². The normalized spacial score (nSPS) is 22.7. The molecular weight excluding hydrogens is 331 g/mol. The molecule has 1 saturated carbocycles. The molecule has 1 heterocycles. The van der Waals surface area contributed by atoms with Crippen molar-refractivity contribution in [2.75, 3.05) is 19.8 Å². The van der Waals surface area contributed by atoms with E-state index in [1.807, 2.05) is 0 Å². The SMILES string of the molecule is C[C@]1(C2CC2)NC(=O)N(CC(=O)OCCOc2ccc(F)cc2)C1=O. The maximum Gasteiger partial charge on any atom is 0.326 e. The number of carbonyl (C=O) groups is 3. The van der Waals surface area contributed by atoms with Crippen molar-refractivity contribution in [3.05, 3.63) is 30.1 Å². The number of esters is 1. The minimum atomic E-state index is -0.914. The highest BCUT2D eigenvalue weighted by molar-refractivity contribution is 6.08. The Morgan fingerprint density at radius 2 is 1.96 bits per heavy atom. The molecule has 8 heteroatoms. The van der Waals surface area contributed by atoms with E-state index >= 15 is 0 Å². The van der Waals surface area contributed by atoms with Crippen LogP contribution in [0, 0.1) is 11.7 Å². The van der Waals surface area contributed by atoms with Crippen LogP contribution in [0.4, 0.5) is 9.18 Å². The second-order valence-corrected chi connectivity index (χ2v) is 6.32. The number of urea groups is 1. The number of hydrogen-bond acceptors (Lipinski definition) is 5. The van der Waals surface area contributed by atoms with Crippen molar-refractivity contribution in [3.63, 3.8) is 0 Å². The Morgan fingerprint density at radius 1 is 1.28 bits per heavy atom. The molecule has 1 aromatic carbocycles.